The predicted octanol–water partition coefficient (Wildman–Crippen LogP) is 13.3. The van der Waals surface area contributed by atoms with Gasteiger partial charge in [0.25, 0.3) is 0 Å². The number of hydrogen-bond donors (Lipinski definition) is 1. The molecule has 2 fully saturated rings. The third kappa shape index (κ3) is 10.8. The van der Waals surface area contributed by atoms with Crippen LogP contribution in [0.1, 0.15) is 67.2 Å². The van der Waals surface area contributed by atoms with Gasteiger partial charge in [-0.05, 0) is 130 Å². The lowest BCUT2D eigenvalue weighted by molar-refractivity contribution is -0.127. The van der Waals surface area contributed by atoms with Crippen LogP contribution in [0.25, 0.3) is 0 Å². The normalized spacial score (nSPS) is 18.4. The molecule has 2 unspecified atom stereocenters. The first-order chi connectivity index (χ1) is 34.4. The molecular weight excluding hydrogens is 902 g/mol. The van der Waals surface area contributed by atoms with E-state index in [0.717, 1.165) is 56.6 Å². The van der Waals surface area contributed by atoms with Gasteiger partial charge < -0.3 is 5.32 Å². The fourth-order valence-corrected chi connectivity index (χ4v) is 16.9. The lowest BCUT2D eigenvalue weighted by atomic mass is 9.73. The van der Waals surface area contributed by atoms with E-state index in [0.29, 0.717) is 30.5 Å². The summed E-state index contributed by atoms with van der Waals surface area (Å²) < 4.78 is 13.6. The molecule has 2 saturated heterocycles. The first-order valence-corrected chi connectivity index (χ1v) is 28.0. The van der Waals surface area contributed by atoms with Gasteiger partial charge in [-0.1, -0.05) is 165 Å². The molecule has 7 aromatic carbocycles. The number of fused-ring (bicyclic) bond motifs is 2. The van der Waals surface area contributed by atoms with E-state index in [9.17, 15) is 14.0 Å². The number of amides is 1. The van der Waals surface area contributed by atoms with Gasteiger partial charge in [0.1, 0.15) is 11.6 Å². The van der Waals surface area contributed by atoms with Crippen molar-refractivity contribution in [3.8, 4) is 0 Å². The lowest BCUT2D eigenvalue weighted by Gasteiger charge is -2.45. The van der Waals surface area contributed by atoms with Crippen molar-refractivity contribution >= 4 is 33.5 Å². The maximum Gasteiger partial charge on any atom is 0.234 e. The monoisotopic (exact) mass is 967 g/mol. The summed E-state index contributed by atoms with van der Waals surface area (Å²) >= 11 is 1.86. The fourth-order valence-electron chi connectivity index (χ4n) is 11.5. The highest BCUT2D eigenvalue weighted by Crippen LogP contribution is 2.68. The number of nitrogens with one attached hydrogen (secondary N) is 1. The van der Waals surface area contributed by atoms with E-state index in [1.165, 1.54) is 43.5 Å². The molecule has 5 nitrogen and oxygen atoms in total. The van der Waals surface area contributed by atoms with E-state index in [1.807, 2.05) is 30.8 Å². The first-order valence-electron chi connectivity index (χ1n) is 25.2. The van der Waals surface area contributed by atoms with Crippen LogP contribution in [-0.2, 0) is 14.3 Å². The zero-order valence-corrected chi connectivity index (χ0v) is 42.0. The van der Waals surface area contributed by atoms with Crippen LogP contribution in [0.2, 0.25) is 0 Å². The van der Waals surface area contributed by atoms with Gasteiger partial charge in [0.05, 0.1) is 11.3 Å². The summed E-state index contributed by atoms with van der Waals surface area (Å²) in [5, 5.41) is 3.38. The number of carbonyl (C=O) groups excluding carboxylic acids is 2. The smallest absolute Gasteiger partial charge is 0.234 e. The molecule has 70 heavy (non-hydrogen) atoms. The van der Waals surface area contributed by atoms with Gasteiger partial charge in [0, 0.05) is 49.0 Å². The molecule has 9 rings (SSSR count). The van der Waals surface area contributed by atoms with Crippen molar-refractivity contribution in [1.82, 2.24) is 15.1 Å². The van der Waals surface area contributed by atoms with Gasteiger partial charge in [0.15, 0.2) is 0 Å². The summed E-state index contributed by atoms with van der Waals surface area (Å²) in [6.07, 6.45) is 4.35. The van der Waals surface area contributed by atoms with E-state index in [-0.39, 0.29) is 36.1 Å². The molecule has 2 heterocycles. The van der Waals surface area contributed by atoms with Crippen LogP contribution in [0.4, 0.5) is 4.39 Å². The zero-order valence-electron chi connectivity index (χ0n) is 40.3. The number of nitrogens with zero attached hydrogens (tertiary/aromatic N) is 2. The Kier molecular flexibility index (Phi) is 16.5. The van der Waals surface area contributed by atoms with Crippen molar-refractivity contribution in [3.05, 3.63) is 234 Å². The highest BCUT2D eigenvalue weighted by atomic mass is 32.3. The van der Waals surface area contributed by atoms with Gasteiger partial charge in [-0.25, -0.2) is 4.39 Å². The summed E-state index contributed by atoms with van der Waals surface area (Å²) in [4.78, 5) is 37.2. The molecule has 7 aromatic rings. The molecule has 360 valence electrons. The average molecular weight is 968 g/mol. The van der Waals surface area contributed by atoms with Gasteiger partial charge >= 0.3 is 0 Å². The van der Waals surface area contributed by atoms with Crippen LogP contribution in [0.15, 0.2) is 221 Å². The van der Waals surface area contributed by atoms with Crippen LogP contribution in [0, 0.1) is 11.7 Å². The van der Waals surface area contributed by atoms with Gasteiger partial charge in [-0.15, -0.1) is 11.8 Å². The molecule has 0 aliphatic carbocycles. The van der Waals surface area contributed by atoms with Crippen LogP contribution < -0.4 is 5.32 Å². The van der Waals surface area contributed by atoms with E-state index < -0.39 is 14.8 Å². The zero-order chi connectivity index (χ0) is 48.2. The Hall–Kier alpha value is -5.77. The van der Waals surface area contributed by atoms with Gasteiger partial charge in [-0.2, -0.15) is 10.0 Å². The fraction of sp³-hybridized carbons (Fsp3) is 0.290. The number of thioether (sulfide) groups is 1. The third-order valence-electron chi connectivity index (χ3n) is 14.8. The Balaban J connectivity index is 0.958. The maximum absolute atomic E-state index is 14.4. The number of halogens is 1. The largest absolute Gasteiger partial charge is 0.354 e. The minimum atomic E-state index is -1.74. The average Bonchev–Trinajstić information content (AvgIpc) is 3.69. The Bertz CT molecular complexity index is 2520. The molecular formula is C62H66FN3O2S2. The molecule has 0 spiro atoms. The number of rotatable bonds is 22. The Labute approximate surface area is 421 Å². The summed E-state index contributed by atoms with van der Waals surface area (Å²) in [7, 11) is -1.74. The van der Waals surface area contributed by atoms with Crippen molar-refractivity contribution in [2.75, 3.05) is 44.2 Å². The Morgan fingerprint density at radius 2 is 1.14 bits per heavy atom. The minimum Gasteiger partial charge on any atom is -0.354 e. The van der Waals surface area contributed by atoms with E-state index >= 15 is 0 Å². The molecule has 2 aliphatic rings. The molecule has 0 saturated carbocycles. The van der Waals surface area contributed by atoms with E-state index in [4.69, 9.17) is 0 Å². The molecule has 1 amide bonds. The predicted molar refractivity (Wildman–Crippen MR) is 288 cm³/mol. The van der Waals surface area contributed by atoms with Crippen molar-refractivity contribution < 1.29 is 14.0 Å². The molecule has 4 atom stereocenters. The van der Waals surface area contributed by atoms with Gasteiger partial charge in [0.2, 0.25) is 5.91 Å². The lowest BCUT2D eigenvalue weighted by Crippen LogP contribution is -2.51. The highest BCUT2D eigenvalue weighted by molar-refractivity contribution is 8.33. The summed E-state index contributed by atoms with van der Waals surface area (Å²) in [5.74, 6) is 1.64. The second-order valence-corrected chi connectivity index (χ2v) is 23.4. The quantitative estimate of drug-likeness (QED) is 0.0542. The van der Waals surface area contributed by atoms with Crippen LogP contribution in [0.5, 0.6) is 0 Å². The third-order valence-corrected chi connectivity index (χ3v) is 20.3. The molecule has 2 bridgehead atoms. The minimum absolute atomic E-state index is 0.0267. The SMILES string of the molecule is CCC(=O)[C@@H]1C2CCC(C[C@@H]1c1ccc(F)cc1)N2CCCN(CCS(c1ccccc1)(c1ccccc1)c1ccccc1)CC(=O)NCCSC(c1ccccc1)(c1ccccc1)c1ccccc1. The Morgan fingerprint density at radius 3 is 1.63 bits per heavy atom. The van der Waals surface area contributed by atoms with Crippen LogP contribution >= 0.6 is 21.8 Å². The molecule has 0 aromatic heterocycles. The molecule has 2 aliphatic heterocycles. The number of Topliss-reactive ketones (excluding diaryl/α,β-unsaturated/α-hetero) is 1. The van der Waals surface area contributed by atoms with E-state index in [1.54, 1.807) is 0 Å². The number of hydrogen-bond acceptors (Lipinski definition) is 5. The van der Waals surface area contributed by atoms with Crippen molar-refractivity contribution in [3.63, 3.8) is 0 Å². The van der Waals surface area contributed by atoms with Crippen molar-refractivity contribution in [2.45, 2.75) is 76.5 Å². The highest BCUT2D eigenvalue weighted by Gasteiger charge is 2.49. The summed E-state index contributed by atoms with van der Waals surface area (Å²) in [6.45, 7) is 5.13. The first kappa shape index (κ1) is 49.2. The molecule has 8 heteroatoms. The Morgan fingerprint density at radius 1 is 0.657 bits per heavy atom. The van der Waals surface area contributed by atoms with Crippen LogP contribution in [-0.4, -0.2) is 77.8 Å². The molecule has 0 radical (unpaired) electrons. The van der Waals surface area contributed by atoms with E-state index in [2.05, 4.69) is 197 Å². The number of benzene rings is 7. The van der Waals surface area contributed by atoms with Gasteiger partial charge in [-0.3, -0.25) is 19.4 Å². The van der Waals surface area contributed by atoms with Crippen LogP contribution in [0.3, 0.4) is 0 Å². The van der Waals surface area contributed by atoms with Crippen molar-refractivity contribution in [1.29, 1.82) is 0 Å². The number of piperidine rings is 1. The molecule has 1 N–H and O–H groups in total. The summed E-state index contributed by atoms with van der Waals surface area (Å²) in [5.41, 5.74) is 4.69. The number of carbonyl (C=O) groups is 2. The standard InChI is InChI=1S/C62H66FN3O2S2/c1-2-59(67)61-57(48-34-36-52(63)37-35-48)46-53-38-39-58(61)66(53)42-21-41-65(43-45-70(54-28-15-6-16-29-54,55-30-17-7-18-31-55)56-32-19-8-20-33-56)47-60(68)64-40-44-69-62(49-22-9-3-10-23-49,50-24-11-4-12-25-50)51-26-13-5-14-27-51/h3-20,22-37,53,57-58,61H,2,21,38-47H2,1H3,(H,64,68)/t53?,57-,58?,61+/m1/s1. The topological polar surface area (TPSA) is 52.7 Å². The number of ketones is 1. The van der Waals surface area contributed by atoms with Crippen molar-refractivity contribution in [2.24, 2.45) is 5.92 Å². The second kappa shape index (κ2) is 23.4. The maximum atomic E-state index is 14.4. The summed E-state index contributed by atoms with van der Waals surface area (Å²) in [6, 6.07) is 72.4. The second-order valence-electron chi connectivity index (χ2n) is 18.8.